The van der Waals surface area contributed by atoms with Crippen molar-refractivity contribution in [3.05, 3.63) is 0 Å². The molecule has 2 aliphatic rings. The average molecular weight is 171 g/mol. The van der Waals surface area contributed by atoms with E-state index in [1.807, 2.05) is 0 Å². The molecule has 1 nitrogen and oxygen atoms in total. The lowest BCUT2D eigenvalue weighted by Gasteiger charge is -2.64. The molecule has 2 heteroatoms. The number of likely N-dealkylation sites (tertiary alicyclic amines) is 1. The molecule has 0 aromatic carbocycles. The first-order chi connectivity index (χ1) is 5.45. The van der Waals surface area contributed by atoms with Crippen LogP contribution >= 0.6 is 0 Å². The van der Waals surface area contributed by atoms with Crippen LogP contribution in [0.5, 0.6) is 0 Å². The molecular weight excluding hydrogens is 153 g/mol. The van der Waals surface area contributed by atoms with E-state index in [4.69, 9.17) is 0 Å². The lowest BCUT2D eigenvalue weighted by Crippen LogP contribution is -2.71. The quantitative estimate of drug-likeness (QED) is 0.585. The molecule has 1 saturated heterocycles. The van der Waals surface area contributed by atoms with Gasteiger partial charge in [0.15, 0.2) is 0 Å². The topological polar surface area (TPSA) is 3.24 Å². The van der Waals surface area contributed by atoms with E-state index in [0.717, 1.165) is 12.8 Å². The van der Waals surface area contributed by atoms with Gasteiger partial charge in [0.05, 0.1) is 0 Å². The van der Waals surface area contributed by atoms with Gasteiger partial charge in [-0.15, -0.1) is 0 Å². The number of alkyl halides is 1. The minimum atomic E-state index is -0.868. The first-order valence-corrected chi connectivity index (χ1v) is 4.91. The van der Waals surface area contributed by atoms with E-state index in [9.17, 15) is 4.39 Å². The van der Waals surface area contributed by atoms with Gasteiger partial charge >= 0.3 is 0 Å². The molecule has 2 rings (SSSR count). The number of hydrogen-bond acceptors (Lipinski definition) is 1. The Morgan fingerprint density at radius 1 is 1.33 bits per heavy atom. The maximum absolute atomic E-state index is 13.3. The van der Waals surface area contributed by atoms with Gasteiger partial charge in [0.1, 0.15) is 5.67 Å². The van der Waals surface area contributed by atoms with Gasteiger partial charge < -0.3 is 0 Å². The highest BCUT2D eigenvalue weighted by Gasteiger charge is 2.60. The number of hydrogen-bond donors (Lipinski definition) is 0. The molecule has 2 fully saturated rings. The largest absolute Gasteiger partial charge is 0.295 e. The highest BCUT2D eigenvalue weighted by atomic mass is 19.1. The van der Waals surface area contributed by atoms with Gasteiger partial charge in [-0.25, -0.2) is 4.39 Å². The van der Waals surface area contributed by atoms with Crippen molar-refractivity contribution in [2.24, 2.45) is 0 Å². The molecule has 0 unspecified atom stereocenters. The van der Waals surface area contributed by atoms with Crippen molar-refractivity contribution in [3.63, 3.8) is 0 Å². The summed E-state index contributed by atoms with van der Waals surface area (Å²) in [6, 6.07) is 0.592. The normalized spacial score (nSPS) is 47.8. The minimum absolute atomic E-state index is 0.275. The number of rotatable bonds is 1. The maximum Gasteiger partial charge on any atom is 0.111 e. The van der Waals surface area contributed by atoms with Crippen molar-refractivity contribution in [1.82, 2.24) is 4.90 Å². The van der Waals surface area contributed by atoms with E-state index in [2.05, 4.69) is 18.7 Å². The molecule has 0 aromatic heterocycles. The fourth-order valence-corrected chi connectivity index (χ4v) is 3.06. The Bertz CT molecular complexity index is 190. The van der Waals surface area contributed by atoms with Gasteiger partial charge in [-0.1, -0.05) is 0 Å². The first kappa shape index (κ1) is 8.49. The zero-order valence-electron chi connectivity index (χ0n) is 8.23. The maximum atomic E-state index is 13.3. The van der Waals surface area contributed by atoms with Crippen LogP contribution in [-0.4, -0.2) is 28.7 Å². The zero-order chi connectivity index (χ0) is 8.98. The van der Waals surface area contributed by atoms with Crippen LogP contribution < -0.4 is 0 Å². The zero-order valence-corrected chi connectivity index (χ0v) is 8.23. The Balaban J connectivity index is 1.99. The van der Waals surface area contributed by atoms with Gasteiger partial charge in [0.2, 0.25) is 0 Å². The predicted molar refractivity (Wildman–Crippen MR) is 47.9 cm³/mol. The standard InChI is InChI=1S/C10H18FN/c1-8(2)12-5-4-10(12)6-9(3,11)7-10/h8H,4-7H2,1-3H3. The third-order valence-corrected chi connectivity index (χ3v) is 3.45. The third kappa shape index (κ3) is 1.00. The molecular formula is C10H18FN. The molecule has 1 heterocycles. The summed E-state index contributed by atoms with van der Waals surface area (Å²) in [5.41, 5.74) is -0.592. The van der Waals surface area contributed by atoms with Crippen molar-refractivity contribution in [1.29, 1.82) is 0 Å². The van der Waals surface area contributed by atoms with Gasteiger partial charge in [-0.3, -0.25) is 4.90 Å². The van der Waals surface area contributed by atoms with E-state index in [0.29, 0.717) is 6.04 Å². The summed E-state index contributed by atoms with van der Waals surface area (Å²) in [5.74, 6) is 0. The molecule has 1 aliphatic carbocycles. The van der Waals surface area contributed by atoms with Crippen molar-refractivity contribution in [3.8, 4) is 0 Å². The summed E-state index contributed by atoms with van der Waals surface area (Å²) in [7, 11) is 0. The van der Waals surface area contributed by atoms with Crippen molar-refractivity contribution >= 4 is 0 Å². The van der Waals surface area contributed by atoms with Crippen LogP contribution in [0.1, 0.15) is 40.0 Å². The van der Waals surface area contributed by atoms with E-state index < -0.39 is 5.67 Å². The lowest BCUT2D eigenvalue weighted by atomic mass is 9.60. The highest BCUT2D eigenvalue weighted by Crippen LogP contribution is 2.54. The van der Waals surface area contributed by atoms with E-state index in [1.54, 1.807) is 6.92 Å². The molecule has 0 aromatic rings. The third-order valence-electron chi connectivity index (χ3n) is 3.45. The SMILES string of the molecule is CC(C)N1CCC12CC(C)(F)C2. The summed E-state index contributed by atoms with van der Waals surface area (Å²) in [4.78, 5) is 2.45. The fourth-order valence-electron chi connectivity index (χ4n) is 3.06. The van der Waals surface area contributed by atoms with Crippen LogP contribution in [0.3, 0.4) is 0 Å². The summed E-state index contributed by atoms with van der Waals surface area (Å²) < 4.78 is 13.3. The second kappa shape index (κ2) is 2.22. The Morgan fingerprint density at radius 2 is 1.92 bits per heavy atom. The Morgan fingerprint density at radius 3 is 2.17 bits per heavy atom. The van der Waals surface area contributed by atoms with Gasteiger partial charge in [-0.2, -0.15) is 0 Å². The molecule has 70 valence electrons. The Kier molecular flexibility index (Phi) is 1.57. The highest BCUT2D eigenvalue weighted by molar-refractivity contribution is 5.15. The summed E-state index contributed by atoms with van der Waals surface area (Å²) in [5, 5.41) is 0. The molecule has 1 spiro atoms. The molecule has 12 heavy (non-hydrogen) atoms. The van der Waals surface area contributed by atoms with Gasteiger partial charge in [0.25, 0.3) is 0 Å². The second-order valence-electron chi connectivity index (χ2n) is 5.03. The molecule has 0 radical (unpaired) electrons. The first-order valence-electron chi connectivity index (χ1n) is 4.91. The molecule has 0 amide bonds. The molecule has 0 N–H and O–H groups in total. The summed E-state index contributed by atoms with van der Waals surface area (Å²) >= 11 is 0. The summed E-state index contributed by atoms with van der Waals surface area (Å²) in [6.45, 7) is 7.31. The molecule has 0 atom stereocenters. The predicted octanol–water partition coefficient (Wildman–Crippen LogP) is 2.36. The summed E-state index contributed by atoms with van der Waals surface area (Å²) in [6.07, 6.45) is 2.74. The van der Waals surface area contributed by atoms with Crippen molar-refractivity contribution in [2.45, 2.75) is 57.3 Å². The average Bonchev–Trinajstić information content (AvgIpc) is 1.77. The van der Waals surface area contributed by atoms with Gasteiger partial charge in [-0.05, 0) is 40.0 Å². The Labute approximate surface area is 73.9 Å². The van der Waals surface area contributed by atoms with E-state index in [1.165, 1.54) is 13.0 Å². The van der Waals surface area contributed by atoms with E-state index in [-0.39, 0.29) is 5.54 Å². The minimum Gasteiger partial charge on any atom is -0.295 e. The lowest BCUT2D eigenvalue weighted by molar-refractivity contribution is -0.164. The fraction of sp³-hybridized carbons (Fsp3) is 1.00. The van der Waals surface area contributed by atoms with Crippen LogP contribution in [0.4, 0.5) is 4.39 Å². The number of nitrogens with zero attached hydrogens (tertiary/aromatic N) is 1. The van der Waals surface area contributed by atoms with Crippen molar-refractivity contribution < 1.29 is 4.39 Å². The smallest absolute Gasteiger partial charge is 0.111 e. The number of halogens is 1. The molecule has 0 bridgehead atoms. The van der Waals surface area contributed by atoms with Crippen LogP contribution in [0, 0.1) is 0 Å². The van der Waals surface area contributed by atoms with Crippen LogP contribution in [-0.2, 0) is 0 Å². The van der Waals surface area contributed by atoms with E-state index >= 15 is 0 Å². The van der Waals surface area contributed by atoms with Crippen LogP contribution in [0.15, 0.2) is 0 Å². The van der Waals surface area contributed by atoms with Crippen molar-refractivity contribution in [2.75, 3.05) is 6.54 Å². The second-order valence-corrected chi connectivity index (χ2v) is 5.03. The van der Waals surface area contributed by atoms with Crippen LogP contribution in [0.2, 0.25) is 0 Å². The molecule has 1 saturated carbocycles. The molecule has 1 aliphatic heterocycles. The van der Waals surface area contributed by atoms with Crippen LogP contribution in [0.25, 0.3) is 0 Å². The monoisotopic (exact) mass is 171 g/mol. The Hall–Kier alpha value is -0.110. The van der Waals surface area contributed by atoms with Gasteiger partial charge in [0, 0.05) is 18.1 Å².